The van der Waals surface area contributed by atoms with E-state index in [1.165, 1.54) is 17.4 Å². The van der Waals surface area contributed by atoms with Gasteiger partial charge in [-0.25, -0.2) is 4.39 Å². The van der Waals surface area contributed by atoms with Crippen molar-refractivity contribution < 1.29 is 23.8 Å². The number of aliphatic hydroxyl groups excluding tert-OH is 1. The maximum Gasteiger partial charge on any atom is 0.225 e. The van der Waals surface area contributed by atoms with Crippen molar-refractivity contribution in [2.75, 3.05) is 33.3 Å². The summed E-state index contributed by atoms with van der Waals surface area (Å²) in [5.41, 5.74) is 3.34. The van der Waals surface area contributed by atoms with E-state index in [0.717, 1.165) is 71.7 Å². The van der Waals surface area contributed by atoms with Gasteiger partial charge < -0.3 is 14.7 Å². The first kappa shape index (κ1) is 30.3. The van der Waals surface area contributed by atoms with Gasteiger partial charge in [-0.1, -0.05) is 12.1 Å². The van der Waals surface area contributed by atoms with Gasteiger partial charge in [0.15, 0.2) is 11.6 Å². The van der Waals surface area contributed by atoms with Crippen LogP contribution in [0.3, 0.4) is 0 Å². The molecule has 3 aromatic heterocycles. The summed E-state index contributed by atoms with van der Waals surface area (Å²) in [7, 11) is 1.75. The molecule has 0 spiro atoms. The number of aromatic nitrogens is 2. The first-order valence-corrected chi connectivity index (χ1v) is 16.1. The molecule has 1 aromatic carbocycles. The number of thiophene rings is 1. The number of likely N-dealkylation sites (tertiary alicyclic amines) is 1. The van der Waals surface area contributed by atoms with E-state index in [9.17, 15) is 14.0 Å². The molecule has 2 aliphatic rings. The van der Waals surface area contributed by atoms with Gasteiger partial charge in [0, 0.05) is 57.4 Å². The highest BCUT2D eigenvalue weighted by molar-refractivity contribution is 7.22. The molecule has 1 N–H and O–H groups in total. The van der Waals surface area contributed by atoms with E-state index in [0.29, 0.717) is 30.2 Å². The lowest BCUT2D eigenvalue weighted by Crippen LogP contribution is -2.41. The Kier molecular flexibility index (Phi) is 9.30. The molecule has 1 amide bonds. The van der Waals surface area contributed by atoms with Crippen molar-refractivity contribution >= 4 is 33.2 Å². The number of pyridine rings is 2. The van der Waals surface area contributed by atoms with Crippen LogP contribution in [0.15, 0.2) is 54.9 Å². The van der Waals surface area contributed by atoms with Crippen LogP contribution in [0.2, 0.25) is 0 Å². The minimum absolute atomic E-state index is 0.0156. The standard InChI is InChI=1S/C34H37FN4O4S/c1-38(14-15-40)34(42)25-9-12-39(13-10-25)21-24-4-6-28(37-20-24)32-19-29-33(44-32)31(8-11-36-29)43-30-7-5-23(18-27(30)35)17-26(41)16-22-2-3-22/h4-8,11,18-20,22,25,40H,2-3,9-10,12-17,21H2,1H3. The average Bonchev–Trinajstić information content (AvgIpc) is 3.72. The fourth-order valence-corrected chi connectivity index (χ4v) is 6.79. The summed E-state index contributed by atoms with van der Waals surface area (Å²) in [5.74, 6) is 0.939. The number of likely N-dealkylation sites (N-methyl/N-ethyl adjacent to an activating group) is 1. The molecule has 44 heavy (non-hydrogen) atoms. The maximum absolute atomic E-state index is 15.0. The number of halogens is 1. The molecule has 1 aliphatic heterocycles. The molecule has 2 fully saturated rings. The summed E-state index contributed by atoms with van der Waals surface area (Å²) in [4.78, 5) is 38.9. The van der Waals surface area contributed by atoms with Crippen molar-refractivity contribution in [2.45, 2.75) is 45.1 Å². The van der Waals surface area contributed by atoms with Crippen LogP contribution in [0.1, 0.15) is 43.2 Å². The molecular weight excluding hydrogens is 579 g/mol. The lowest BCUT2D eigenvalue weighted by atomic mass is 9.95. The van der Waals surface area contributed by atoms with Gasteiger partial charge in [-0.05, 0) is 80.1 Å². The fraction of sp³-hybridized carbons (Fsp3) is 0.412. The Morgan fingerprint density at radius 2 is 1.84 bits per heavy atom. The molecule has 4 aromatic rings. The van der Waals surface area contributed by atoms with Crippen LogP contribution in [-0.2, 0) is 22.6 Å². The SMILES string of the molecule is CN(CCO)C(=O)C1CCN(Cc2ccc(-c3cc4nccc(Oc5ccc(CC(=O)CC6CC6)cc5F)c4s3)nc2)CC1. The predicted molar refractivity (Wildman–Crippen MR) is 168 cm³/mol. The number of piperidine rings is 1. The van der Waals surface area contributed by atoms with Crippen molar-refractivity contribution in [1.82, 2.24) is 19.8 Å². The molecule has 6 rings (SSSR count). The van der Waals surface area contributed by atoms with Crippen LogP contribution in [0, 0.1) is 17.7 Å². The Hall–Kier alpha value is -3.73. The van der Waals surface area contributed by atoms with E-state index in [4.69, 9.17) is 14.8 Å². The molecule has 0 atom stereocenters. The molecule has 1 saturated carbocycles. The quantitative estimate of drug-likeness (QED) is 0.213. The fourth-order valence-electron chi connectivity index (χ4n) is 5.75. The molecule has 8 nitrogen and oxygen atoms in total. The van der Waals surface area contributed by atoms with Gasteiger partial charge in [-0.15, -0.1) is 11.3 Å². The summed E-state index contributed by atoms with van der Waals surface area (Å²) in [5, 5.41) is 9.10. The Balaban J connectivity index is 1.08. The second kappa shape index (κ2) is 13.5. The average molecular weight is 617 g/mol. The number of nitrogens with zero attached hydrogens (tertiary/aromatic N) is 4. The number of hydrogen-bond donors (Lipinski definition) is 1. The first-order chi connectivity index (χ1) is 21.4. The van der Waals surface area contributed by atoms with Gasteiger partial charge in [0.2, 0.25) is 5.91 Å². The molecule has 230 valence electrons. The number of fused-ring (bicyclic) bond motifs is 1. The lowest BCUT2D eigenvalue weighted by Gasteiger charge is -2.33. The number of amides is 1. The van der Waals surface area contributed by atoms with Gasteiger partial charge in [-0.3, -0.25) is 24.5 Å². The number of hydrogen-bond acceptors (Lipinski definition) is 8. The number of aliphatic hydroxyl groups is 1. The van der Waals surface area contributed by atoms with E-state index in [1.807, 2.05) is 18.3 Å². The summed E-state index contributed by atoms with van der Waals surface area (Å²) < 4.78 is 21.8. The summed E-state index contributed by atoms with van der Waals surface area (Å²) in [6.45, 7) is 2.82. The summed E-state index contributed by atoms with van der Waals surface area (Å²) in [6, 6.07) is 12.5. The third kappa shape index (κ3) is 7.31. The molecule has 10 heteroatoms. The molecule has 0 bridgehead atoms. The van der Waals surface area contributed by atoms with E-state index < -0.39 is 5.82 Å². The second-order valence-corrected chi connectivity index (χ2v) is 13.0. The molecule has 4 heterocycles. The number of benzene rings is 1. The lowest BCUT2D eigenvalue weighted by molar-refractivity contribution is -0.136. The Bertz CT molecular complexity index is 1630. The summed E-state index contributed by atoms with van der Waals surface area (Å²) in [6.07, 6.45) is 8.24. The third-order valence-corrected chi connectivity index (χ3v) is 9.60. The third-order valence-electron chi connectivity index (χ3n) is 8.44. The van der Waals surface area contributed by atoms with Crippen LogP contribution in [-0.4, -0.2) is 69.9 Å². The smallest absolute Gasteiger partial charge is 0.225 e. The number of ether oxygens (including phenoxy) is 1. The van der Waals surface area contributed by atoms with Crippen molar-refractivity contribution in [3.8, 4) is 22.1 Å². The number of rotatable bonds is 12. The van der Waals surface area contributed by atoms with Crippen molar-refractivity contribution in [1.29, 1.82) is 0 Å². The monoisotopic (exact) mass is 616 g/mol. The number of Topliss-reactive ketones (excluding diaryl/α,β-unsaturated/α-hetero) is 1. The molecular formula is C34H37FN4O4S. The van der Waals surface area contributed by atoms with E-state index in [-0.39, 0.29) is 36.4 Å². The zero-order valence-electron chi connectivity index (χ0n) is 24.9. The van der Waals surface area contributed by atoms with Crippen molar-refractivity contribution in [2.24, 2.45) is 11.8 Å². The van der Waals surface area contributed by atoms with Crippen LogP contribution in [0.4, 0.5) is 4.39 Å². The zero-order chi connectivity index (χ0) is 30.6. The Labute approximate surface area is 260 Å². The Morgan fingerprint density at radius 3 is 2.55 bits per heavy atom. The van der Waals surface area contributed by atoms with E-state index in [2.05, 4.69) is 16.0 Å². The minimum Gasteiger partial charge on any atom is -0.453 e. The highest BCUT2D eigenvalue weighted by atomic mass is 32.1. The maximum atomic E-state index is 15.0. The van der Waals surface area contributed by atoms with Crippen LogP contribution >= 0.6 is 11.3 Å². The minimum atomic E-state index is -0.495. The molecule has 1 saturated heterocycles. The van der Waals surface area contributed by atoms with Gasteiger partial charge in [-0.2, -0.15) is 0 Å². The molecule has 0 unspecified atom stereocenters. The second-order valence-electron chi connectivity index (χ2n) is 11.9. The van der Waals surface area contributed by atoms with Gasteiger partial charge in [0.25, 0.3) is 0 Å². The largest absolute Gasteiger partial charge is 0.453 e. The van der Waals surface area contributed by atoms with Crippen LogP contribution < -0.4 is 4.74 Å². The molecule has 0 radical (unpaired) electrons. The van der Waals surface area contributed by atoms with Crippen LogP contribution in [0.25, 0.3) is 20.8 Å². The number of carbonyl (C=O) groups excluding carboxylic acids is 2. The predicted octanol–water partition coefficient (Wildman–Crippen LogP) is 5.86. The van der Waals surface area contributed by atoms with Gasteiger partial charge in [0.05, 0.1) is 27.4 Å². The van der Waals surface area contributed by atoms with Gasteiger partial charge in [0.1, 0.15) is 11.5 Å². The van der Waals surface area contributed by atoms with Crippen molar-refractivity contribution in [3.05, 3.63) is 71.8 Å². The highest BCUT2D eigenvalue weighted by Gasteiger charge is 2.27. The normalized spacial score (nSPS) is 15.9. The van der Waals surface area contributed by atoms with E-state index in [1.54, 1.807) is 36.3 Å². The zero-order valence-corrected chi connectivity index (χ0v) is 25.7. The molecule has 1 aliphatic carbocycles. The van der Waals surface area contributed by atoms with Crippen molar-refractivity contribution in [3.63, 3.8) is 0 Å². The van der Waals surface area contributed by atoms with E-state index >= 15 is 0 Å². The number of ketones is 1. The first-order valence-electron chi connectivity index (χ1n) is 15.3. The van der Waals surface area contributed by atoms with Gasteiger partial charge >= 0.3 is 0 Å². The Morgan fingerprint density at radius 1 is 1.05 bits per heavy atom. The van der Waals surface area contributed by atoms with Crippen LogP contribution in [0.5, 0.6) is 11.5 Å². The number of carbonyl (C=O) groups is 2. The highest BCUT2D eigenvalue weighted by Crippen LogP contribution is 2.39. The summed E-state index contributed by atoms with van der Waals surface area (Å²) >= 11 is 1.50. The topological polar surface area (TPSA) is 95.9 Å².